The third kappa shape index (κ3) is 3.75. The smallest absolute Gasteiger partial charge is 0.312 e. The zero-order valence-corrected chi connectivity index (χ0v) is 19.1. The number of amides is 1. The van der Waals surface area contributed by atoms with E-state index in [-0.39, 0.29) is 23.2 Å². The highest BCUT2D eigenvalue weighted by molar-refractivity contribution is 6.08. The maximum absolute atomic E-state index is 13.4. The molecule has 2 heterocycles. The summed E-state index contributed by atoms with van der Waals surface area (Å²) in [4.78, 5) is 28.9. The molecule has 0 atom stereocenters. The van der Waals surface area contributed by atoms with Gasteiger partial charge in [0, 0.05) is 18.8 Å². The van der Waals surface area contributed by atoms with E-state index in [2.05, 4.69) is 31.7 Å². The van der Waals surface area contributed by atoms with Gasteiger partial charge in [0.1, 0.15) is 5.75 Å². The van der Waals surface area contributed by atoms with Crippen LogP contribution < -0.4 is 14.5 Å². The number of carbonyl (C=O) groups is 2. The third-order valence-corrected chi connectivity index (χ3v) is 6.02. The Bertz CT molecular complexity index is 1030. The number of benzene rings is 2. The van der Waals surface area contributed by atoms with Gasteiger partial charge in [0.25, 0.3) is 5.91 Å². The largest absolute Gasteiger partial charge is 0.476 e. The number of carbonyl (C=O) groups excluding carboxylic acids is 2. The summed E-state index contributed by atoms with van der Waals surface area (Å²) in [6.07, 6.45) is 0. The fraction of sp³-hybridized carbons (Fsp3) is 0.440. The first-order chi connectivity index (χ1) is 14.5. The molecule has 0 unspecified atom stereocenters. The molecule has 2 aromatic carbocycles. The molecule has 0 aromatic heterocycles. The molecule has 0 saturated carbocycles. The second-order valence-corrected chi connectivity index (χ2v) is 9.83. The van der Waals surface area contributed by atoms with Gasteiger partial charge >= 0.3 is 5.97 Å². The predicted molar refractivity (Wildman–Crippen MR) is 121 cm³/mol. The molecule has 0 N–H and O–H groups in total. The Balaban J connectivity index is 1.70. The van der Waals surface area contributed by atoms with E-state index in [1.165, 1.54) is 7.11 Å². The van der Waals surface area contributed by atoms with E-state index < -0.39 is 5.60 Å². The molecule has 0 aliphatic carbocycles. The van der Waals surface area contributed by atoms with Gasteiger partial charge in [-0.15, -0.1) is 0 Å². The van der Waals surface area contributed by atoms with Crippen LogP contribution in [0, 0.1) is 5.92 Å². The van der Waals surface area contributed by atoms with E-state index in [4.69, 9.17) is 9.47 Å². The Hall–Kier alpha value is -3.02. The zero-order valence-electron chi connectivity index (χ0n) is 19.1. The van der Waals surface area contributed by atoms with Crippen molar-refractivity contribution in [2.75, 3.05) is 30.0 Å². The zero-order chi connectivity index (χ0) is 22.6. The molecular formula is C25H30N2O4. The highest BCUT2D eigenvalue weighted by Crippen LogP contribution is 2.44. The molecule has 4 rings (SSSR count). The molecule has 6 heteroatoms. The lowest BCUT2D eigenvalue weighted by Gasteiger charge is -2.41. The maximum Gasteiger partial charge on any atom is 0.312 e. The summed E-state index contributed by atoms with van der Waals surface area (Å²) in [5, 5.41) is 0. The van der Waals surface area contributed by atoms with Crippen molar-refractivity contribution in [2.45, 2.75) is 45.6 Å². The minimum absolute atomic E-state index is 0.0254. The van der Waals surface area contributed by atoms with Crippen molar-refractivity contribution >= 4 is 28.9 Å². The lowest BCUT2D eigenvalue weighted by Crippen LogP contribution is -2.51. The first-order valence-corrected chi connectivity index (χ1v) is 10.6. The second kappa shape index (κ2) is 7.29. The quantitative estimate of drug-likeness (QED) is 0.685. The van der Waals surface area contributed by atoms with Crippen molar-refractivity contribution in [3.63, 3.8) is 0 Å². The van der Waals surface area contributed by atoms with E-state index in [1.807, 2.05) is 36.4 Å². The molecule has 1 fully saturated rings. The van der Waals surface area contributed by atoms with Crippen molar-refractivity contribution in [1.82, 2.24) is 0 Å². The van der Waals surface area contributed by atoms with Crippen LogP contribution in [0.2, 0.25) is 0 Å². The van der Waals surface area contributed by atoms with Gasteiger partial charge in [0.05, 0.1) is 24.4 Å². The summed E-state index contributed by atoms with van der Waals surface area (Å²) in [7, 11) is 1.42. The van der Waals surface area contributed by atoms with Gasteiger partial charge in [-0.2, -0.15) is 0 Å². The molecule has 164 valence electrons. The van der Waals surface area contributed by atoms with E-state index in [9.17, 15) is 9.59 Å². The first kappa shape index (κ1) is 21.2. The second-order valence-electron chi connectivity index (χ2n) is 9.83. The molecule has 1 saturated heterocycles. The lowest BCUT2D eigenvalue weighted by molar-refractivity contribution is -0.146. The van der Waals surface area contributed by atoms with Crippen LogP contribution in [0.25, 0.3) is 0 Å². The molecule has 1 amide bonds. The van der Waals surface area contributed by atoms with Crippen LogP contribution in [-0.2, 0) is 19.7 Å². The average molecular weight is 423 g/mol. The Labute approximate surface area is 183 Å². The van der Waals surface area contributed by atoms with Gasteiger partial charge in [-0.05, 0) is 55.2 Å². The minimum atomic E-state index is -0.980. The molecule has 2 aliphatic heterocycles. The normalized spacial score (nSPS) is 18.2. The van der Waals surface area contributed by atoms with Crippen LogP contribution in [0.5, 0.6) is 5.75 Å². The highest BCUT2D eigenvalue weighted by Gasteiger charge is 2.42. The van der Waals surface area contributed by atoms with Gasteiger partial charge in [0.15, 0.2) is 5.60 Å². The van der Waals surface area contributed by atoms with Gasteiger partial charge in [-0.1, -0.05) is 32.9 Å². The summed E-state index contributed by atoms with van der Waals surface area (Å²) in [6, 6.07) is 13.9. The number of ether oxygens (including phenoxy) is 2. The third-order valence-electron chi connectivity index (χ3n) is 6.02. The summed E-state index contributed by atoms with van der Waals surface area (Å²) >= 11 is 0. The van der Waals surface area contributed by atoms with Crippen molar-refractivity contribution in [3.8, 4) is 5.75 Å². The van der Waals surface area contributed by atoms with E-state index in [1.54, 1.807) is 18.7 Å². The summed E-state index contributed by atoms with van der Waals surface area (Å²) in [6.45, 7) is 11.3. The molecule has 31 heavy (non-hydrogen) atoms. The number of hydrogen-bond donors (Lipinski definition) is 0. The Kier molecular flexibility index (Phi) is 4.99. The van der Waals surface area contributed by atoms with Gasteiger partial charge in [-0.25, -0.2) is 0 Å². The van der Waals surface area contributed by atoms with Gasteiger partial charge in [0.2, 0.25) is 0 Å². The Morgan fingerprint density at radius 3 is 2.42 bits per heavy atom. The Morgan fingerprint density at radius 1 is 1.10 bits per heavy atom. The average Bonchev–Trinajstić information content (AvgIpc) is 2.66. The molecule has 0 spiro atoms. The molecular weight excluding hydrogens is 392 g/mol. The van der Waals surface area contributed by atoms with Crippen LogP contribution in [0.1, 0.15) is 40.2 Å². The summed E-state index contributed by atoms with van der Waals surface area (Å²) < 4.78 is 11.0. The van der Waals surface area contributed by atoms with Crippen LogP contribution in [0.4, 0.5) is 17.1 Å². The maximum atomic E-state index is 13.4. The summed E-state index contributed by atoms with van der Waals surface area (Å²) in [5.74, 6) is 0.309. The van der Waals surface area contributed by atoms with Crippen molar-refractivity contribution in [3.05, 3.63) is 48.0 Å². The standard InChI is InChI=1S/C25H30N2O4/c1-24(2,3)17-10-11-20-21(12-17)31-25(4,5)23(29)27(20)19-9-7-8-18(13-19)26-14-16(15-26)22(28)30-6/h7-13,16H,14-15H2,1-6H3. The number of nitrogens with zero attached hydrogens (tertiary/aromatic N) is 2. The molecule has 2 aromatic rings. The number of fused-ring (bicyclic) bond motifs is 1. The first-order valence-electron chi connectivity index (χ1n) is 10.6. The predicted octanol–water partition coefficient (Wildman–Crippen LogP) is 4.43. The number of methoxy groups -OCH3 is 1. The number of hydrogen-bond acceptors (Lipinski definition) is 5. The van der Waals surface area contributed by atoms with Gasteiger partial charge < -0.3 is 14.4 Å². The minimum Gasteiger partial charge on any atom is -0.476 e. The van der Waals surface area contributed by atoms with Crippen molar-refractivity contribution in [1.29, 1.82) is 0 Å². The van der Waals surface area contributed by atoms with Crippen molar-refractivity contribution in [2.24, 2.45) is 5.92 Å². The van der Waals surface area contributed by atoms with Crippen LogP contribution in [0.15, 0.2) is 42.5 Å². The molecule has 0 radical (unpaired) electrons. The topological polar surface area (TPSA) is 59.1 Å². The number of esters is 1. The molecule has 0 bridgehead atoms. The Morgan fingerprint density at radius 2 is 1.77 bits per heavy atom. The molecule has 2 aliphatic rings. The summed E-state index contributed by atoms with van der Waals surface area (Å²) in [5.41, 5.74) is 2.65. The fourth-order valence-electron chi connectivity index (χ4n) is 4.03. The van der Waals surface area contributed by atoms with Crippen LogP contribution in [0.3, 0.4) is 0 Å². The van der Waals surface area contributed by atoms with Crippen LogP contribution in [-0.4, -0.2) is 37.7 Å². The monoisotopic (exact) mass is 422 g/mol. The molecule has 6 nitrogen and oxygen atoms in total. The van der Waals surface area contributed by atoms with Gasteiger partial charge in [-0.3, -0.25) is 14.5 Å². The SMILES string of the molecule is COC(=O)C1CN(c2cccc(N3C(=O)C(C)(C)Oc4cc(C(C)(C)C)ccc43)c2)C1. The van der Waals surface area contributed by atoms with Crippen LogP contribution >= 0.6 is 0 Å². The number of anilines is 3. The highest BCUT2D eigenvalue weighted by atomic mass is 16.5. The van der Waals surface area contributed by atoms with Crippen molar-refractivity contribution < 1.29 is 19.1 Å². The van der Waals surface area contributed by atoms with E-state index >= 15 is 0 Å². The van der Waals surface area contributed by atoms with E-state index in [0.717, 1.165) is 22.6 Å². The lowest BCUT2D eigenvalue weighted by atomic mass is 9.86. The van der Waals surface area contributed by atoms with E-state index in [0.29, 0.717) is 18.8 Å². The fourth-order valence-corrected chi connectivity index (χ4v) is 4.03. The number of rotatable bonds is 3.